The van der Waals surface area contributed by atoms with E-state index in [2.05, 4.69) is 46.1 Å². The minimum Gasteiger partial charge on any atom is -0.496 e. The molecule has 0 saturated carbocycles. The molecule has 0 radical (unpaired) electrons. The van der Waals surface area contributed by atoms with E-state index in [1.807, 2.05) is 42.5 Å². The Kier molecular flexibility index (Phi) is 6.39. The van der Waals surface area contributed by atoms with Crippen LogP contribution in [0.5, 0.6) is 5.75 Å². The normalized spacial score (nSPS) is 19.6. The van der Waals surface area contributed by atoms with E-state index in [4.69, 9.17) is 9.47 Å². The second kappa shape index (κ2) is 9.84. The van der Waals surface area contributed by atoms with E-state index in [1.165, 1.54) is 16.5 Å². The molecule has 37 heavy (non-hydrogen) atoms. The fraction of sp³-hybridized carbons (Fsp3) is 0.387. The third kappa shape index (κ3) is 4.60. The van der Waals surface area contributed by atoms with Crippen LogP contribution in [0.4, 0.5) is 0 Å². The summed E-state index contributed by atoms with van der Waals surface area (Å²) in [5.74, 6) is 0.918. The van der Waals surface area contributed by atoms with Crippen molar-refractivity contribution in [2.75, 3.05) is 26.7 Å². The molecule has 1 aromatic heterocycles. The van der Waals surface area contributed by atoms with Gasteiger partial charge in [-0.25, -0.2) is 0 Å². The van der Waals surface area contributed by atoms with Crippen LogP contribution in [-0.4, -0.2) is 53.8 Å². The van der Waals surface area contributed by atoms with Gasteiger partial charge in [0.2, 0.25) is 0 Å². The van der Waals surface area contributed by atoms with Crippen LogP contribution in [0.1, 0.15) is 41.6 Å². The molecule has 1 N–H and O–H groups in total. The summed E-state index contributed by atoms with van der Waals surface area (Å²) in [4.78, 5) is 15.5. The summed E-state index contributed by atoms with van der Waals surface area (Å²) in [6.07, 6.45) is 4.20. The summed E-state index contributed by atoms with van der Waals surface area (Å²) in [6.45, 7) is 3.49. The Balaban J connectivity index is 1.04. The number of nitrogens with one attached hydrogen (secondary N) is 1. The molecule has 2 saturated heterocycles. The first-order valence-electron chi connectivity index (χ1n) is 13.3. The number of amides is 1. The lowest BCUT2D eigenvalue weighted by molar-refractivity contribution is -0.0765. The second-order valence-electron chi connectivity index (χ2n) is 10.6. The number of para-hydroxylation sites is 2. The third-order valence-electron chi connectivity index (χ3n) is 8.36. The zero-order chi connectivity index (χ0) is 25.4. The number of rotatable bonds is 6. The standard InChI is InChI=1S/C31H35N3O3/c1-33-27-9-5-4-8-25(27)26-19-22(11-12-28(26)33)30(35)32-20-24-13-14-31(37-24)15-17-34(18-16-31)21-23-7-3-6-10-29(23)36-2/h3-12,19,24H,13-18,20-21H2,1-2H3,(H,32,35). The maximum Gasteiger partial charge on any atom is 0.251 e. The van der Waals surface area contributed by atoms with Crippen molar-refractivity contribution in [2.45, 2.75) is 43.9 Å². The van der Waals surface area contributed by atoms with Crippen molar-refractivity contribution in [3.63, 3.8) is 0 Å². The summed E-state index contributed by atoms with van der Waals surface area (Å²) in [6, 6.07) is 22.6. The van der Waals surface area contributed by atoms with Crippen molar-refractivity contribution in [1.82, 2.24) is 14.8 Å². The molecule has 2 fully saturated rings. The van der Waals surface area contributed by atoms with E-state index in [-0.39, 0.29) is 17.6 Å². The van der Waals surface area contributed by atoms with E-state index >= 15 is 0 Å². The number of fused-ring (bicyclic) bond motifs is 3. The highest BCUT2D eigenvalue weighted by molar-refractivity contribution is 6.10. The molecule has 6 heteroatoms. The molecule has 1 atom stereocenters. The zero-order valence-corrected chi connectivity index (χ0v) is 21.7. The Morgan fingerprint density at radius 1 is 1.00 bits per heavy atom. The van der Waals surface area contributed by atoms with Crippen LogP contribution in [0, 0.1) is 0 Å². The first kappa shape index (κ1) is 24.0. The largest absolute Gasteiger partial charge is 0.496 e. The predicted molar refractivity (Wildman–Crippen MR) is 147 cm³/mol. The molecule has 192 valence electrons. The van der Waals surface area contributed by atoms with Gasteiger partial charge in [0, 0.05) is 66.2 Å². The fourth-order valence-corrected chi connectivity index (χ4v) is 6.22. The number of carbonyl (C=O) groups excluding carboxylic acids is 1. The number of nitrogens with zero attached hydrogens (tertiary/aromatic N) is 2. The van der Waals surface area contributed by atoms with E-state index < -0.39 is 0 Å². The van der Waals surface area contributed by atoms with E-state index in [9.17, 15) is 4.79 Å². The van der Waals surface area contributed by atoms with Gasteiger partial charge < -0.3 is 19.4 Å². The number of ether oxygens (including phenoxy) is 2. The molecule has 0 bridgehead atoms. The number of carbonyl (C=O) groups is 1. The van der Waals surface area contributed by atoms with Gasteiger partial charge in [0.1, 0.15) is 5.75 Å². The molecule has 6 nitrogen and oxygen atoms in total. The van der Waals surface area contributed by atoms with Gasteiger partial charge in [-0.15, -0.1) is 0 Å². The van der Waals surface area contributed by atoms with Crippen molar-refractivity contribution in [3.05, 3.63) is 77.9 Å². The minimum atomic E-state index is -0.0471. The number of benzene rings is 3. The average Bonchev–Trinajstić information content (AvgIpc) is 3.47. The number of likely N-dealkylation sites (tertiary alicyclic amines) is 1. The van der Waals surface area contributed by atoms with Gasteiger partial charge in [-0.3, -0.25) is 9.69 Å². The Hall–Kier alpha value is -3.35. The highest BCUT2D eigenvalue weighted by Gasteiger charge is 2.42. The summed E-state index contributed by atoms with van der Waals surface area (Å²) < 4.78 is 14.3. The number of piperidine rings is 1. The molecule has 3 heterocycles. The van der Waals surface area contributed by atoms with Crippen molar-refractivity contribution in [1.29, 1.82) is 0 Å². The first-order chi connectivity index (χ1) is 18.0. The van der Waals surface area contributed by atoms with Gasteiger partial charge in [-0.05, 0) is 56.0 Å². The zero-order valence-electron chi connectivity index (χ0n) is 21.7. The molecular weight excluding hydrogens is 462 g/mol. The molecule has 6 rings (SSSR count). The monoisotopic (exact) mass is 497 g/mol. The minimum absolute atomic E-state index is 0.0361. The van der Waals surface area contributed by atoms with Crippen molar-refractivity contribution >= 4 is 27.7 Å². The Morgan fingerprint density at radius 2 is 1.76 bits per heavy atom. The maximum absolute atomic E-state index is 13.0. The van der Waals surface area contributed by atoms with Gasteiger partial charge in [-0.1, -0.05) is 36.4 Å². The smallest absolute Gasteiger partial charge is 0.251 e. The topological polar surface area (TPSA) is 55.7 Å². The molecule has 1 spiro atoms. The lowest BCUT2D eigenvalue weighted by Crippen LogP contribution is -2.44. The molecule has 2 aliphatic heterocycles. The molecule has 0 aliphatic carbocycles. The van der Waals surface area contributed by atoms with Gasteiger partial charge in [0.25, 0.3) is 5.91 Å². The third-order valence-corrected chi connectivity index (χ3v) is 8.36. The van der Waals surface area contributed by atoms with Crippen LogP contribution in [0.15, 0.2) is 66.7 Å². The van der Waals surface area contributed by atoms with Crippen LogP contribution >= 0.6 is 0 Å². The molecule has 2 aliphatic rings. The Bertz CT molecular complexity index is 1430. The summed E-state index contributed by atoms with van der Waals surface area (Å²) >= 11 is 0. The average molecular weight is 498 g/mol. The predicted octanol–water partition coefficient (Wildman–Crippen LogP) is 5.28. The first-order valence-corrected chi connectivity index (χ1v) is 13.3. The summed E-state index contributed by atoms with van der Waals surface area (Å²) in [5.41, 5.74) is 4.19. The lowest BCUT2D eigenvalue weighted by atomic mass is 9.88. The van der Waals surface area contributed by atoms with Crippen molar-refractivity contribution < 1.29 is 14.3 Å². The number of aromatic nitrogens is 1. The van der Waals surface area contributed by atoms with E-state index in [1.54, 1.807) is 7.11 Å². The van der Waals surface area contributed by atoms with Gasteiger partial charge in [-0.2, -0.15) is 0 Å². The molecular formula is C31H35N3O3. The quantitative estimate of drug-likeness (QED) is 0.394. The Labute approximate surface area is 218 Å². The highest BCUT2D eigenvalue weighted by atomic mass is 16.5. The summed E-state index contributed by atoms with van der Waals surface area (Å²) in [5, 5.41) is 5.43. The van der Waals surface area contributed by atoms with Gasteiger partial charge in [0.05, 0.1) is 18.8 Å². The number of aryl methyl sites for hydroxylation is 1. The SMILES string of the molecule is COc1ccccc1CN1CCC2(CCC(CNC(=O)c3ccc4c(c3)c3ccccc3n4C)O2)CC1. The van der Waals surface area contributed by atoms with Crippen LogP contribution in [0.2, 0.25) is 0 Å². The molecule has 3 aromatic carbocycles. The van der Waals surface area contributed by atoms with Crippen LogP contribution in [-0.2, 0) is 18.3 Å². The van der Waals surface area contributed by atoms with E-state index in [0.717, 1.165) is 62.0 Å². The van der Waals surface area contributed by atoms with E-state index in [0.29, 0.717) is 12.1 Å². The molecule has 1 amide bonds. The van der Waals surface area contributed by atoms with Gasteiger partial charge >= 0.3 is 0 Å². The summed E-state index contributed by atoms with van der Waals surface area (Å²) in [7, 11) is 3.80. The number of hydrogen-bond donors (Lipinski definition) is 1. The number of hydrogen-bond acceptors (Lipinski definition) is 4. The second-order valence-corrected chi connectivity index (χ2v) is 10.6. The molecule has 4 aromatic rings. The maximum atomic E-state index is 13.0. The van der Waals surface area contributed by atoms with Crippen LogP contribution < -0.4 is 10.1 Å². The fourth-order valence-electron chi connectivity index (χ4n) is 6.22. The van der Waals surface area contributed by atoms with Crippen molar-refractivity contribution in [3.8, 4) is 5.75 Å². The van der Waals surface area contributed by atoms with Crippen LogP contribution in [0.3, 0.4) is 0 Å². The highest BCUT2D eigenvalue weighted by Crippen LogP contribution is 2.39. The Morgan fingerprint density at radius 3 is 2.59 bits per heavy atom. The van der Waals surface area contributed by atoms with Gasteiger partial charge in [0.15, 0.2) is 0 Å². The van der Waals surface area contributed by atoms with Crippen LogP contribution in [0.25, 0.3) is 21.8 Å². The molecule has 1 unspecified atom stereocenters. The number of methoxy groups -OCH3 is 1. The lowest BCUT2D eigenvalue weighted by Gasteiger charge is -2.39. The van der Waals surface area contributed by atoms with Crippen molar-refractivity contribution in [2.24, 2.45) is 7.05 Å².